The average Bonchev–Trinajstić information content (AvgIpc) is 3.10. The number of anilines is 1. The van der Waals surface area contributed by atoms with Crippen molar-refractivity contribution in [1.29, 1.82) is 0 Å². The molecular weight excluding hydrogens is 420 g/mol. The normalized spacial score (nSPS) is 17.1. The van der Waals surface area contributed by atoms with Crippen molar-refractivity contribution < 1.29 is 13.2 Å². The van der Waals surface area contributed by atoms with Crippen LogP contribution in [0.4, 0.5) is 5.69 Å². The lowest BCUT2D eigenvalue weighted by molar-refractivity contribution is 0.103. The Morgan fingerprint density at radius 2 is 2.00 bits per heavy atom. The van der Waals surface area contributed by atoms with Gasteiger partial charge in [-0.25, -0.2) is 4.98 Å². The number of amides is 1. The predicted octanol–water partition coefficient (Wildman–Crippen LogP) is 4.29. The van der Waals surface area contributed by atoms with Crippen molar-refractivity contribution in [2.24, 2.45) is 4.40 Å². The lowest BCUT2D eigenvalue weighted by Crippen LogP contribution is -2.26. The Morgan fingerprint density at radius 1 is 1.23 bits per heavy atom. The predicted molar refractivity (Wildman–Crippen MR) is 121 cm³/mol. The molecule has 2 heterocycles. The van der Waals surface area contributed by atoms with Gasteiger partial charge in [-0.05, 0) is 31.0 Å². The van der Waals surface area contributed by atoms with Crippen molar-refractivity contribution in [2.75, 3.05) is 18.9 Å². The van der Waals surface area contributed by atoms with Crippen molar-refractivity contribution in [3.63, 3.8) is 0 Å². The first-order chi connectivity index (χ1) is 14.1. The summed E-state index contributed by atoms with van der Waals surface area (Å²) >= 11 is 1.33. The van der Waals surface area contributed by atoms with Crippen LogP contribution < -0.4 is 5.32 Å². The molecule has 0 atom stereocenters. The van der Waals surface area contributed by atoms with Gasteiger partial charge < -0.3 is 10.2 Å². The molecule has 1 saturated heterocycles. The van der Waals surface area contributed by atoms with Crippen LogP contribution in [0, 0.1) is 0 Å². The molecule has 9 heteroatoms. The molecule has 0 spiro atoms. The largest absolute Gasteiger partial charge is 0.362 e. The van der Waals surface area contributed by atoms with Gasteiger partial charge in [-0.1, -0.05) is 33.3 Å². The van der Waals surface area contributed by atoms with Crippen LogP contribution >= 0.6 is 11.3 Å². The molecule has 0 aliphatic carbocycles. The minimum atomic E-state index is -3.86. The smallest absolute Gasteiger partial charge is 0.284 e. The second-order valence-electron chi connectivity index (χ2n) is 8.48. The summed E-state index contributed by atoms with van der Waals surface area (Å²) in [6, 6.07) is 6.20. The second kappa shape index (κ2) is 8.85. The molecular formula is C21H28N4O3S2. The van der Waals surface area contributed by atoms with Gasteiger partial charge in [0.1, 0.15) is 10.7 Å². The molecule has 1 N–H and O–H groups in total. The number of nitrogens with one attached hydrogen (secondary N) is 1. The summed E-state index contributed by atoms with van der Waals surface area (Å²) in [7, 11) is -1.99. The number of rotatable bonds is 4. The molecule has 3 rings (SSSR count). The number of aromatic nitrogens is 1. The topological polar surface area (TPSA) is 91.7 Å². The number of benzene rings is 1. The van der Waals surface area contributed by atoms with E-state index in [2.05, 4.69) is 14.7 Å². The SMILES string of the molecule is CN1CCCCC/C1=N\S(=O)(=O)c1cccc(NC(=O)c2cnc(C(C)(C)C)s2)c1. The van der Waals surface area contributed by atoms with E-state index in [9.17, 15) is 13.2 Å². The molecule has 0 unspecified atom stereocenters. The summed E-state index contributed by atoms with van der Waals surface area (Å²) in [6.45, 7) is 6.91. The Bertz CT molecular complexity index is 1050. The standard InChI is InChI=1S/C21H28N4O3S2/c1-21(2,3)20-22-14-17(29-20)19(26)23-15-9-8-10-16(13-15)30(27,28)24-18-11-6-5-7-12-25(18)4/h8-10,13-14H,5-7,11-12H2,1-4H3,(H,23,26)/b24-18+. The Morgan fingerprint density at radius 3 is 2.70 bits per heavy atom. The van der Waals surface area contributed by atoms with Gasteiger partial charge in [0.05, 0.1) is 16.1 Å². The number of thiazole rings is 1. The van der Waals surface area contributed by atoms with Crippen LogP contribution in [0.3, 0.4) is 0 Å². The van der Waals surface area contributed by atoms with Crippen molar-refractivity contribution in [3.8, 4) is 0 Å². The Kier molecular flexibility index (Phi) is 6.62. The highest BCUT2D eigenvalue weighted by Gasteiger charge is 2.22. The van der Waals surface area contributed by atoms with Crippen LogP contribution in [0.2, 0.25) is 0 Å². The van der Waals surface area contributed by atoms with E-state index in [1.165, 1.54) is 23.5 Å². The van der Waals surface area contributed by atoms with Crippen LogP contribution in [0.25, 0.3) is 0 Å². The third-order valence-electron chi connectivity index (χ3n) is 4.82. The lowest BCUT2D eigenvalue weighted by atomic mass is 9.98. The van der Waals surface area contributed by atoms with Gasteiger partial charge in [-0.3, -0.25) is 4.79 Å². The number of nitrogens with zero attached hydrogens (tertiary/aromatic N) is 3. The highest BCUT2D eigenvalue weighted by atomic mass is 32.2. The summed E-state index contributed by atoms with van der Waals surface area (Å²) in [5, 5.41) is 3.63. The Balaban J connectivity index is 1.80. The van der Waals surface area contributed by atoms with E-state index in [0.717, 1.165) is 30.8 Å². The molecule has 162 valence electrons. The van der Waals surface area contributed by atoms with E-state index in [-0.39, 0.29) is 16.2 Å². The maximum atomic E-state index is 12.8. The molecule has 0 bridgehead atoms. The van der Waals surface area contributed by atoms with E-state index in [4.69, 9.17) is 0 Å². The molecule has 30 heavy (non-hydrogen) atoms. The van der Waals surface area contributed by atoms with Gasteiger partial charge in [0.15, 0.2) is 0 Å². The van der Waals surface area contributed by atoms with E-state index in [0.29, 0.717) is 22.8 Å². The maximum Gasteiger partial charge on any atom is 0.284 e. The first-order valence-corrected chi connectivity index (χ1v) is 12.2. The lowest BCUT2D eigenvalue weighted by Gasteiger charge is -2.17. The highest BCUT2D eigenvalue weighted by molar-refractivity contribution is 7.90. The van der Waals surface area contributed by atoms with Gasteiger partial charge in [0.25, 0.3) is 15.9 Å². The molecule has 1 aromatic carbocycles. The van der Waals surface area contributed by atoms with E-state index < -0.39 is 10.0 Å². The summed E-state index contributed by atoms with van der Waals surface area (Å²) in [5.74, 6) is 0.272. The number of amidine groups is 1. The highest BCUT2D eigenvalue weighted by Crippen LogP contribution is 2.27. The number of hydrogen-bond acceptors (Lipinski definition) is 5. The van der Waals surface area contributed by atoms with Gasteiger partial charge >= 0.3 is 0 Å². The van der Waals surface area contributed by atoms with Crippen molar-refractivity contribution in [3.05, 3.63) is 40.3 Å². The fourth-order valence-electron chi connectivity index (χ4n) is 3.09. The van der Waals surface area contributed by atoms with Gasteiger partial charge in [0, 0.05) is 31.1 Å². The summed E-state index contributed by atoms with van der Waals surface area (Å²) < 4.78 is 29.8. The summed E-state index contributed by atoms with van der Waals surface area (Å²) in [6.07, 6.45) is 5.23. The van der Waals surface area contributed by atoms with Gasteiger partial charge in [-0.2, -0.15) is 8.42 Å². The van der Waals surface area contributed by atoms with E-state index in [1.54, 1.807) is 18.3 Å². The number of sulfonamides is 1. The molecule has 1 amide bonds. The zero-order chi connectivity index (χ0) is 21.9. The number of likely N-dealkylation sites (tertiary alicyclic amines) is 1. The molecule has 0 saturated carbocycles. The fraction of sp³-hybridized carbons (Fsp3) is 0.476. The molecule has 1 aliphatic heterocycles. The average molecular weight is 449 g/mol. The molecule has 1 fully saturated rings. The fourth-order valence-corrected chi connectivity index (χ4v) is 5.10. The molecule has 2 aromatic rings. The summed E-state index contributed by atoms with van der Waals surface area (Å²) in [4.78, 5) is 19.4. The monoisotopic (exact) mass is 448 g/mol. The van der Waals surface area contributed by atoms with Crippen molar-refractivity contribution in [1.82, 2.24) is 9.88 Å². The van der Waals surface area contributed by atoms with Crippen LogP contribution in [0.1, 0.15) is 61.1 Å². The van der Waals surface area contributed by atoms with E-state index >= 15 is 0 Å². The van der Waals surface area contributed by atoms with Crippen molar-refractivity contribution >= 4 is 38.8 Å². The number of hydrogen-bond donors (Lipinski definition) is 1. The van der Waals surface area contributed by atoms with Gasteiger partial charge in [-0.15, -0.1) is 15.7 Å². The minimum Gasteiger partial charge on any atom is -0.362 e. The zero-order valence-electron chi connectivity index (χ0n) is 17.8. The second-order valence-corrected chi connectivity index (χ2v) is 11.1. The number of carbonyl (C=O) groups excluding carboxylic acids is 1. The first-order valence-electron chi connectivity index (χ1n) is 9.99. The summed E-state index contributed by atoms with van der Waals surface area (Å²) in [5.41, 5.74) is 0.267. The third-order valence-corrected chi connectivity index (χ3v) is 7.54. The van der Waals surface area contributed by atoms with Crippen LogP contribution in [-0.2, 0) is 15.4 Å². The quantitative estimate of drug-likeness (QED) is 0.753. The van der Waals surface area contributed by atoms with Crippen LogP contribution in [-0.4, -0.2) is 43.6 Å². The minimum absolute atomic E-state index is 0.0603. The van der Waals surface area contributed by atoms with Crippen molar-refractivity contribution in [2.45, 2.75) is 56.8 Å². The maximum absolute atomic E-state index is 12.8. The Labute approximate surface area is 182 Å². The molecule has 1 aromatic heterocycles. The number of carbonyl (C=O) groups is 1. The van der Waals surface area contributed by atoms with Crippen LogP contribution in [0.5, 0.6) is 0 Å². The molecule has 0 radical (unpaired) electrons. The molecule has 1 aliphatic rings. The zero-order valence-corrected chi connectivity index (χ0v) is 19.4. The Hall–Kier alpha value is -2.26. The van der Waals surface area contributed by atoms with Gasteiger partial charge in [0.2, 0.25) is 0 Å². The molecule has 7 nitrogen and oxygen atoms in total. The third kappa shape index (κ3) is 5.46. The van der Waals surface area contributed by atoms with Crippen LogP contribution in [0.15, 0.2) is 39.8 Å². The first kappa shape index (κ1) is 22.4. The van der Waals surface area contributed by atoms with E-state index in [1.807, 2.05) is 32.7 Å².